The summed E-state index contributed by atoms with van der Waals surface area (Å²) in [5.74, 6) is 0.110. The van der Waals surface area contributed by atoms with Crippen LogP contribution in [0, 0.1) is 6.92 Å². The first-order valence-electron chi connectivity index (χ1n) is 8.72. The second kappa shape index (κ2) is 8.92. The molecule has 0 spiro atoms. The Labute approximate surface area is 153 Å². The molecule has 0 saturated carbocycles. The van der Waals surface area contributed by atoms with Gasteiger partial charge in [-0.15, -0.1) is 11.3 Å². The zero-order chi connectivity index (χ0) is 17.5. The molecule has 2 heterocycles. The summed E-state index contributed by atoms with van der Waals surface area (Å²) >= 11 is 1.59. The topological polar surface area (TPSA) is 42.4 Å². The number of ether oxygens (including phenoxy) is 1. The van der Waals surface area contributed by atoms with Crippen molar-refractivity contribution in [3.05, 3.63) is 58.1 Å². The molecule has 1 aliphatic heterocycles. The Morgan fingerprint density at radius 1 is 1.40 bits per heavy atom. The van der Waals surface area contributed by atoms with E-state index in [4.69, 9.17) is 4.74 Å². The van der Waals surface area contributed by atoms with Crippen LogP contribution in [0.1, 0.15) is 29.1 Å². The Hall–Kier alpha value is -1.98. The van der Waals surface area contributed by atoms with Gasteiger partial charge in [-0.1, -0.05) is 42.5 Å². The van der Waals surface area contributed by atoms with Gasteiger partial charge in [-0.25, -0.2) is 4.98 Å². The van der Waals surface area contributed by atoms with Gasteiger partial charge in [0.05, 0.1) is 23.2 Å². The van der Waals surface area contributed by atoms with Gasteiger partial charge < -0.3 is 9.64 Å². The highest BCUT2D eigenvalue weighted by Gasteiger charge is 2.22. The van der Waals surface area contributed by atoms with Gasteiger partial charge >= 0.3 is 0 Å². The molecule has 3 rings (SSSR count). The molecular weight excluding hydrogens is 332 g/mol. The lowest BCUT2D eigenvalue weighted by molar-refractivity contribution is -0.131. The van der Waals surface area contributed by atoms with Gasteiger partial charge in [-0.2, -0.15) is 0 Å². The maximum atomic E-state index is 12.8. The summed E-state index contributed by atoms with van der Waals surface area (Å²) in [6.45, 7) is 4.01. The maximum Gasteiger partial charge on any atom is 0.228 e. The van der Waals surface area contributed by atoms with Gasteiger partial charge in [0.15, 0.2) is 0 Å². The Bertz CT molecular complexity index is 705. The number of amides is 1. The fourth-order valence-electron chi connectivity index (χ4n) is 2.95. The molecule has 0 aliphatic carbocycles. The molecule has 132 valence electrons. The van der Waals surface area contributed by atoms with E-state index in [-0.39, 0.29) is 12.0 Å². The fourth-order valence-corrected chi connectivity index (χ4v) is 3.56. The van der Waals surface area contributed by atoms with Crippen LogP contribution >= 0.6 is 11.3 Å². The molecule has 0 radical (unpaired) electrons. The Morgan fingerprint density at radius 3 is 2.92 bits per heavy atom. The van der Waals surface area contributed by atoms with Gasteiger partial charge in [0.1, 0.15) is 0 Å². The highest BCUT2D eigenvalue weighted by Crippen LogP contribution is 2.15. The highest BCUT2D eigenvalue weighted by atomic mass is 32.1. The molecule has 2 aromatic rings. The van der Waals surface area contributed by atoms with Crippen LogP contribution in [0.3, 0.4) is 0 Å². The minimum Gasteiger partial charge on any atom is -0.376 e. The molecule has 1 aromatic carbocycles. The van der Waals surface area contributed by atoms with E-state index in [2.05, 4.69) is 29.3 Å². The standard InChI is InChI=1S/C20H24N2O2S/c1-16-21-18(15-25-16)13-20(23)22(14-19-10-6-12-24-19)11-5-9-17-7-3-2-4-8-17/h2-5,7-9,15,19H,6,10-14H2,1H3/b9-5+/t19-/m0/s1. The Kier molecular flexibility index (Phi) is 6.36. The van der Waals surface area contributed by atoms with Gasteiger partial charge in [-0.05, 0) is 25.3 Å². The van der Waals surface area contributed by atoms with Crippen LogP contribution < -0.4 is 0 Å². The second-order valence-electron chi connectivity index (χ2n) is 6.28. The van der Waals surface area contributed by atoms with Crippen LogP contribution in [0.15, 0.2) is 41.8 Å². The first kappa shape index (κ1) is 17.8. The van der Waals surface area contributed by atoms with Crippen LogP contribution in [-0.4, -0.2) is 41.6 Å². The number of hydrogen-bond acceptors (Lipinski definition) is 4. The lowest BCUT2D eigenvalue weighted by Crippen LogP contribution is -2.38. The number of carbonyl (C=O) groups excluding carboxylic acids is 1. The molecule has 1 aliphatic rings. The molecule has 0 N–H and O–H groups in total. The fraction of sp³-hybridized carbons (Fsp3) is 0.400. The van der Waals surface area contributed by atoms with E-state index in [1.54, 1.807) is 11.3 Å². The number of aromatic nitrogens is 1. The minimum absolute atomic E-state index is 0.110. The first-order valence-corrected chi connectivity index (χ1v) is 9.60. The SMILES string of the molecule is Cc1nc(CC(=O)N(C/C=C/c2ccccc2)C[C@@H]2CCCO2)cs1. The van der Waals surface area contributed by atoms with E-state index in [0.717, 1.165) is 35.7 Å². The maximum absolute atomic E-state index is 12.8. The van der Waals surface area contributed by atoms with Crippen molar-refractivity contribution < 1.29 is 9.53 Å². The van der Waals surface area contributed by atoms with Crippen LogP contribution in [-0.2, 0) is 16.0 Å². The molecule has 1 amide bonds. The molecule has 1 saturated heterocycles. The third kappa shape index (κ3) is 5.51. The van der Waals surface area contributed by atoms with Gasteiger partial charge in [-0.3, -0.25) is 4.79 Å². The Morgan fingerprint density at radius 2 is 2.24 bits per heavy atom. The van der Waals surface area contributed by atoms with Crippen LogP contribution in [0.2, 0.25) is 0 Å². The van der Waals surface area contributed by atoms with E-state index in [1.807, 2.05) is 35.4 Å². The van der Waals surface area contributed by atoms with E-state index < -0.39 is 0 Å². The average molecular weight is 356 g/mol. The number of hydrogen-bond donors (Lipinski definition) is 0. The monoisotopic (exact) mass is 356 g/mol. The van der Waals surface area contributed by atoms with E-state index in [9.17, 15) is 4.79 Å². The molecule has 5 heteroatoms. The summed E-state index contributed by atoms with van der Waals surface area (Å²) in [6, 6.07) is 10.1. The van der Waals surface area contributed by atoms with E-state index >= 15 is 0 Å². The van der Waals surface area contributed by atoms with Crippen LogP contribution in [0.5, 0.6) is 0 Å². The summed E-state index contributed by atoms with van der Waals surface area (Å²) in [6.07, 6.45) is 6.74. The summed E-state index contributed by atoms with van der Waals surface area (Å²) in [5, 5.41) is 2.97. The summed E-state index contributed by atoms with van der Waals surface area (Å²) in [5.41, 5.74) is 2.00. The molecule has 1 atom stereocenters. The number of nitrogens with zero attached hydrogens (tertiary/aromatic N) is 2. The van der Waals surface area contributed by atoms with Crippen molar-refractivity contribution in [1.29, 1.82) is 0 Å². The average Bonchev–Trinajstić information content (AvgIpc) is 3.26. The van der Waals surface area contributed by atoms with E-state index in [0.29, 0.717) is 19.5 Å². The largest absolute Gasteiger partial charge is 0.376 e. The third-order valence-corrected chi connectivity index (χ3v) is 5.06. The smallest absolute Gasteiger partial charge is 0.228 e. The normalized spacial score (nSPS) is 17.2. The number of rotatable bonds is 7. The van der Waals surface area contributed by atoms with Gasteiger partial charge in [0.2, 0.25) is 5.91 Å². The van der Waals surface area contributed by atoms with Crippen molar-refractivity contribution in [3.8, 4) is 0 Å². The van der Waals surface area contributed by atoms with Crippen molar-refractivity contribution in [3.63, 3.8) is 0 Å². The second-order valence-corrected chi connectivity index (χ2v) is 7.34. The summed E-state index contributed by atoms with van der Waals surface area (Å²) in [4.78, 5) is 19.1. The number of carbonyl (C=O) groups is 1. The first-order chi connectivity index (χ1) is 12.2. The zero-order valence-electron chi connectivity index (χ0n) is 14.6. The van der Waals surface area contributed by atoms with Crippen molar-refractivity contribution in [2.45, 2.75) is 32.3 Å². The molecule has 0 unspecified atom stereocenters. The van der Waals surface area contributed by atoms with Crippen molar-refractivity contribution in [2.24, 2.45) is 0 Å². The molecule has 25 heavy (non-hydrogen) atoms. The highest BCUT2D eigenvalue weighted by molar-refractivity contribution is 7.09. The predicted molar refractivity (Wildman–Crippen MR) is 102 cm³/mol. The molecule has 1 fully saturated rings. The quantitative estimate of drug-likeness (QED) is 0.759. The molecular formula is C20H24N2O2S. The zero-order valence-corrected chi connectivity index (χ0v) is 15.4. The van der Waals surface area contributed by atoms with Gasteiger partial charge in [0.25, 0.3) is 0 Å². The van der Waals surface area contributed by atoms with Crippen molar-refractivity contribution >= 4 is 23.3 Å². The Balaban J connectivity index is 1.63. The summed E-state index contributed by atoms with van der Waals surface area (Å²) < 4.78 is 5.72. The number of aryl methyl sites for hydroxylation is 1. The van der Waals surface area contributed by atoms with Crippen molar-refractivity contribution in [2.75, 3.05) is 19.7 Å². The lowest BCUT2D eigenvalue weighted by atomic mass is 10.2. The number of thiazole rings is 1. The molecule has 1 aromatic heterocycles. The third-order valence-electron chi connectivity index (χ3n) is 4.24. The lowest BCUT2D eigenvalue weighted by Gasteiger charge is -2.24. The van der Waals surface area contributed by atoms with Crippen LogP contribution in [0.25, 0.3) is 6.08 Å². The summed E-state index contributed by atoms with van der Waals surface area (Å²) in [7, 11) is 0. The molecule has 4 nitrogen and oxygen atoms in total. The van der Waals surface area contributed by atoms with Gasteiger partial charge in [0, 0.05) is 25.1 Å². The predicted octanol–water partition coefficient (Wildman–Crippen LogP) is 3.72. The number of benzene rings is 1. The van der Waals surface area contributed by atoms with E-state index in [1.165, 1.54) is 0 Å². The molecule has 0 bridgehead atoms. The minimum atomic E-state index is 0.110. The van der Waals surface area contributed by atoms with Crippen LogP contribution in [0.4, 0.5) is 0 Å². The van der Waals surface area contributed by atoms with Crippen molar-refractivity contribution in [1.82, 2.24) is 9.88 Å².